The van der Waals surface area contributed by atoms with Gasteiger partial charge in [0.25, 0.3) is 0 Å². The van der Waals surface area contributed by atoms with E-state index in [2.05, 4.69) is 47.3 Å². The normalized spacial score (nSPS) is 14.8. The molecule has 0 saturated carbocycles. The number of ether oxygens (including phenoxy) is 2. The molecule has 7 heteroatoms. The number of carbonyl (C=O) groups excluding carboxylic acids is 1. The van der Waals surface area contributed by atoms with Crippen molar-refractivity contribution in [3.05, 3.63) is 66.5 Å². The highest BCUT2D eigenvalue weighted by molar-refractivity contribution is 5.97. The standard InChI is InChI=1S/C27H32N4O3/c1-30(2)13-14-31(3)25-17-20(19-9-11-28-12-10-19)5-7-24(25)29-27(32)22-15-21-16-23(33-4)6-8-26(21)34-18-22/h5-12,16-17,22H,13-15,18H2,1-4H3,(H,29,32). The number of anilines is 2. The lowest BCUT2D eigenvalue weighted by molar-refractivity contribution is -0.121. The number of aromatic nitrogens is 1. The molecule has 0 saturated heterocycles. The zero-order chi connectivity index (χ0) is 24.1. The maximum Gasteiger partial charge on any atom is 0.231 e. The second kappa shape index (κ2) is 10.6. The number of likely N-dealkylation sites (N-methyl/N-ethyl adjacent to an activating group) is 2. The predicted octanol–water partition coefficient (Wildman–Crippen LogP) is 3.94. The minimum atomic E-state index is -0.278. The minimum absolute atomic E-state index is 0.0487. The third-order valence-electron chi connectivity index (χ3n) is 6.11. The first-order valence-corrected chi connectivity index (χ1v) is 11.5. The second-order valence-electron chi connectivity index (χ2n) is 8.87. The first-order valence-electron chi connectivity index (χ1n) is 11.5. The maximum atomic E-state index is 13.3. The molecule has 0 fully saturated rings. The molecule has 4 rings (SSSR count). The zero-order valence-corrected chi connectivity index (χ0v) is 20.2. The largest absolute Gasteiger partial charge is 0.497 e. The van der Waals surface area contributed by atoms with Crippen LogP contribution in [-0.4, -0.2) is 63.7 Å². The lowest BCUT2D eigenvalue weighted by atomic mass is 9.95. The molecule has 1 aromatic heterocycles. The van der Waals surface area contributed by atoms with Gasteiger partial charge in [0.05, 0.1) is 24.4 Å². The minimum Gasteiger partial charge on any atom is -0.497 e. The van der Waals surface area contributed by atoms with E-state index in [9.17, 15) is 4.79 Å². The average molecular weight is 461 g/mol. The Hall–Kier alpha value is -3.58. The van der Waals surface area contributed by atoms with Crippen molar-refractivity contribution in [1.82, 2.24) is 9.88 Å². The molecule has 1 aliphatic rings. The lowest BCUT2D eigenvalue weighted by Gasteiger charge is -2.27. The van der Waals surface area contributed by atoms with E-state index in [1.54, 1.807) is 19.5 Å². The number of hydrogen-bond donors (Lipinski definition) is 1. The Balaban J connectivity index is 1.56. The van der Waals surface area contributed by atoms with Gasteiger partial charge in [-0.25, -0.2) is 0 Å². The van der Waals surface area contributed by atoms with Gasteiger partial charge < -0.3 is 24.6 Å². The average Bonchev–Trinajstić information content (AvgIpc) is 2.87. The summed E-state index contributed by atoms with van der Waals surface area (Å²) in [5.74, 6) is 1.25. The fourth-order valence-electron chi connectivity index (χ4n) is 4.05. The van der Waals surface area contributed by atoms with Crippen LogP contribution in [0.1, 0.15) is 5.56 Å². The SMILES string of the molecule is COc1ccc2c(c1)CC(C(=O)Nc1ccc(-c3ccncc3)cc1N(C)CCN(C)C)CO2. The van der Waals surface area contributed by atoms with E-state index in [-0.39, 0.29) is 11.8 Å². The number of fused-ring (bicyclic) bond motifs is 1. The van der Waals surface area contributed by atoms with Crippen molar-refractivity contribution in [2.24, 2.45) is 5.92 Å². The molecule has 2 aromatic carbocycles. The monoisotopic (exact) mass is 460 g/mol. The fourth-order valence-corrected chi connectivity index (χ4v) is 4.05. The number of rotatable bonds is 8. The molecule has 1 atom stereocenters. The number of pyridine rings is 1. The molecule has 2 heterocycles. The first-order chi connectivity index (χ1) is 16.4. The highest BCUT2D eigenvalue weighted by atomic mass is 16.5. The van der Waals surface area contributed by atoms with E-state index < -0.39 is 0 Å². The van der Waals surface area contributed by atoms with Crippen LogP contribution in [0.15, 0.2) is 60.9 Å². The van der Waals surface area contributed by atoms with Crippen LogP contribution in [0, 0.1) is 5.92 Å². The van der Waals surface area contributed by atoms with Gasteiger partial charge in [0.15, 0.2) is 0 Å². The van der Waals surface area contributed by atoms with Crippen LogP contribution in [0.4, 0.5) is 11.4 Å². The van der Waals surface area contributed by atoms with Crippen molar-refractivity contribution in [3.63, 3.8) is 0 Å². The summed E-state index contributed by atoms with van der Waals surface area (Å²) in [6.45, 7) is 2.08. The smallest absolute Gasteiger partial charge is 0.231 e. The summed E-state index contributed by atoms with van der Waals surface area (Å²) in [5.41, 5.74) is 4.92. The molecular formula is C27H32N4O3. The molecule has 7 nitrogen and oxygen atoms in total. The van der Waals surface area contributed by atoms with E-state index >= 15 is 0 Å². The van der Waals surface area contributed by atoms with Gasteiger partial charge in [-0.3, -0.25) is 9.78 Å². The number of benzene rings is 2. The summed E-state index contributed by atoms with van der Waals surface area (Å²) >= 11 is 0. The molecule has 1 amide bonds. The molecule has 3 aromatic rings. The number of amides is 1. The maximum absolute atomic E-state index is 13.3. The summed E-state index contributed by atoms with van der Waals surface area (Å²) < 4.78 is 11.2. The number of methoxy groups -OCH3 is 1. The Bertz CT molecular complexity index is 1130. The Labute approximate surface area is 201 Å². The van der Waals surface area contributed by atoms with Crippen LogP contribution in [-0.2, 0) is 11.2 Å². The van der Waals surface area contributed by atoms with Crippen LogP contribution in [0.3, 0.4) is 0 Å². The Morgan fingerprint density at radius 1 is 1.06 bits per heavy atom. The molecule has 178 valence electrons. The molecule has 34 heavy (non-hydrogen) atoms. The highest BCUT2D eigenvalue weighted by Gasteiger charge is 2.27. The molecule has 1 aliphatic heterocycles. The van der Waals surface area contributed by atoms with Crippen molar-refractivity contribution >= 4 is 17.3 Å². The number of hydrogen-bond acceptors (Lipinski definition) is 6. The molecule has 0 bridgehead atoms. The van der Waals surface area contributed by atoms with Gasteiger partial charge in [-0.05, 0) is 79.7 Å². The van der Waals surface area contributed by atoms with Crippen LogP contribution < -0.4 is 19.7 Å². The van der Waals surface area contributed by atoms with Crippen LogP contribution in [0.2, 0.25) is 0 Å². The zero-order valence-electron chi connectivity index (χ0n) is 20.2. The van der Waals surface area contributed by atoms with Crippen molar-refractivity contribution < 1.29 is 14.3 Å². The summed E-state index contributed by atoms with van der Waals surface area (Å²) in [5, 5.41) is 3.17. The van der Waals surface area contributed by atoms with Crippen molar-refractivity contribution in [2.45, 2.75) is 6.42 Å². The summed E-state index contributed by atoms with van der Waals surface area (Å²) in [4.78, 5) is 21.7. The van der Waals surface area contributed by atoms with E-state index in [4.69, 9.17) is 9.47 Å². The van der Waals surface area contributed by atoms with Gasteiger partial charge in [-0.15, -0.1) is 0 Å². The van der Waals surface area contributed by atoms with Crippen LogP contribution >= 0.6 is 0 Å². The Kier molecular flexibility index (Phi) is 7.33. The molecular weight excluding hydrogens is 428 g/mol. The third-order valence-corrected chi connectivity index (χ3v) is 6.11. The Morgan fingerprint density at radius 2 is 1.85 bits per heavy atom. The van der Waals surface area contributed by atoms with E-state index in [0.717, 1.165) is 52.7 Å². The van der Waals surface area contributed by atoms with Gasteiger partial charge in [0, 0.05) is 32.5 Å². The molecule has 0 aliphatic carbocycles. The molecule has 1 N–H and O–H groups in total. The quantitative estimate of drug-likeness (QED) is 0.549. The van der Waals surface area contributed by atoms with Gasteiger partial charge >= 0.3 is 0 Å². The van der Waals surface area contributed by atoms with Gasteiger partial charge in [-0.1, -0.05) is 6.07 Å². The second-order valence-corrected chi connectivity index (χ2v) is 8.87. The third kappa shape index (κ3) is 5.48. The van der Waals surface area contributed by atoms with E-state index in [1.807, 2.05) is 42.5 Å². The van der Waals surface area contributed by atoms with Crippen molar-refractivity contribution in [1.29, 1.82) is 0 Å². The lowest BCUT2D eigenvalue weighted by Crippen LogP contribution is -2.33. The number of carbonyl (C=O) groups is 1. The predicted molar refractivity (Wildman–Crippen MR) is 136 cm³/mol. The topological polar surface area (TPSA) is 66.9 Å². The molecule has 1 unspecified atom stereocenters. The summed E-state index contributed by atoms with van der Waals surface area (Å²) in [6, 6.07) is 15.8. The van der Waals surface area contributed by atoms with Gasteiger partial charge in [0.2, 0.25) is 5.91 Å². The molecule has 0 spiro atoms. The number of nitrogens with zero attached hydrogens (tertiary/aromatic N) is 3. The first kappa shape index (κ1) is 23.6. The summed E-state index contributed by atoms with van der Waals surface area (Å²) in [6.07, 6.45) is 4.19. The van der Waals surface area contributed by atoms with Crippen LogP contribution in [0.25, 0.3) is 11.1 Å². The summed E-state index contributed by atoms with van der Waals surface area (Å²) in [7, 11) is 7.80. The number of nitrogens with one attached hydrogen (secondary N) is 1. The fraction of sp³-hybridized carbons (Fsp3) is 0.333. The molecule has 0 radical (unpaired) electrons. The Morgan fingerprint density at radius 3 is 2.59 bits per heavy atom. The van der Waals surface area contributed by atoms with E-state index in [1.165, 1.54) is 0 Å². The van der Waals surface area contributed by atoms with Gasteiger partial charge in [-0.2, -0.15) is 0 Å². The van der Waals surface area contributed by atoms with Crippen molar-refractivity contribution in [3.8, 4) is 22.6 Å². The highest BCUT2D eigenvalue weighted by Crippen LogP contribution is 2.34. The van der Waals surface area contributed by atoms with E-state index in [0.29, 0.717) is 13.0 Å². The van der Waals surface area contributed by atoms with Gasteiger partial charge in [0.1, 0.15) is 18.1 Å². The van der Waals surface area contributed by atoms with Crippen LogP contribution in [0.5, 0.6) is 11.5 Å². The van der Waals surface area contributed by atoms with Crippen molar-refractivity contribution in [2.75, 3.05) is 58.2 Å².